The van der Waals surface area contributed by atoms with Gasteiger partial charge in [0.05, 0.1) is 18.8 Å². The van der Waals surface area contributed by atoms with Gasteiger partial charge in [0.2, 0.25) is 0 Å². The number of aliphatic hydroxyl groups is 1. The minimum atomic E-state index is 0.119. The lowest BCUT2D eigenvalue weighted by Crippen LogP contribution is -2.19. The molecule has 0 aromatic rings. The second-order valence-corrected chi connectivity index (χ2v) is 3.44. The maximum atomic E-state index is 8.81. The molecule has 0 aromatic heterocycles. The fraction of sp³-hybridized carbons (Fsp3) is 1.00. The van der Waals surface area contributed by atoms with Crippen molar-refractivity contribution in [3.05, 3.63) is 0 Å². The Morgan fingerprint density at radius 2 is 2.27 bits per heavy atom. The third-order valence-corrected chi connectivity index (χ3v) is 2.62. The van der Waals surface area contributed by atoms with Crippen LogP contribution in [0.2, 0.25) is 0 Å². The van der Waals surface area contributed by atoms with Crippen molar-refractivity contribution in [3.63, 3.8) is 0 Å². The number of rotatable bonds is 3. The summed E-state index contributed by atoms with van der Waals surface area (Å²) in [4.78, 5) is 0. The standard InChI is InChI=1S/C9H18O2/c1-3-7(2)9-5-4-8(6-10)11-9/h7-10H,3-6H2,1-2H3. The van der Waals surface area contributed by atoms with Gasteiger partial charge in [0, 0.05) is 0 Å². The predicted molar refractivity (Wildman–Crippen MR) is 44.4 cm³/mol. The molecule has 1 fully saturated rings. The van der Waals surface area contributed by atoms with Crippen molar-refractivity contribution >= 4 is 0 Å². The lowest BCUT2D eigenvalue weighted by Gasteiger charge is -2.17. The molecule has 1 heterocycles. The zero-order valence-electron chi connectivity index (χ0n) is 7.42. The molecule has 0 aromatic carbocycles. The van der Waals surface area contributed by atoms with Gasteiger partial charge in [-0.05, 0) is 18.8 Å². The SMILES string of the molecule is CCC(C)C1CCC(CO)O1. The van der Waals surface area contributed by atoms with E-state index in [4.69, 9.17) is 9.84 Å². The first-order valence-corrected chi connectivity index (χ1v) is 4.54. The van der Waals surface area contributed by atoms with Crippen LogP contribution in [-0.4, -0.2) is 23.9 Å². The van der Waals surface area contributed by atoms with Crippen LogP contribution in [0.5, 0.6) is 0 Å². The molecule has 1 rings (SSSR count). The quantitative estimate of drug-likeness (QED) is 0.675. The lowest BCUT2D eigenvalue weighted by molar-refractivity contribution is -0.0114. The van der Waals surface area contributed by atoms with Crippen molar-refractivity contribution in [1.29, 1.82) is 0 Å². The van der Waals surface area contributed by atoms with Gasteiger partial charge in [-0.25, -0.2) is 0 Å². The average Bonchev–Trinajstić information content (AvgIpc) is 2.50. The summed E-state index contributed by atoms with van der Waals surface area (Å²) in [5, 5.41) is 8.81. The number of hydrogen-bond donors (Lipinski definition) is 1. The van der Waals surface area contributed by atoms with Crippen molar-refractivity contribution in [2.24, 2.45) is 5.92 Å². The molecule has 0 bridgehead atoms. The summed E-state index contributed by atoms with van der Waals surface area (Å²) in [6.45, 7) is 4.58. The molecule has 66 valence electrons. The first-order valence-electron chi connectivity index (χ1n) is 4.54. The van der Waals surface area contributed by atoms with E-state index in [1.165, 1.54) is 6.42 Å². The molecule has 1 aliphatic rings. The molecule has 11 heavy (non-hydrogen) atoms. The summed E-state index contributed by atoms with van der Waals surface area (Å²) in [7, 11) is 0. The fourth-order valence-electron chi connectivity index (χ4n) is 1.55. The van der Waals surface area contributed by atoms with Crippen LogP contribution in [0.3, 0.4) is 0 Å². The topological polar surface area (TPSA) is 29.5 Å². The monoisotopic (exact) mass is 158 g/mol. The van der Waals surface area contributed by atoms with E-state index >= 15 is 0 Å². The Bertz CT molecular complexity index is 114. The highest BCUT2D eigenvalue weighted by Crippen LogP contribution is 2.26. The zero-order chi connectivity index (χ0) is 8.27. The molecule has 2 heteroatoms. The zero-order valence-corrected chi connectivity index (χ0v) is 7.42. The van der Waals surface area contributed by atoms with Crippen LogP contribution < -0.4 is 0 Å². The van der Waals surface area contributed by atoms with E-state index in [9.17, 15) is 0 Å². The molecule has 1 aliphatic heterocycles. The largest absolute Gasteiger partial charge is 0.394 e. The third kappa shape index (κ3) is 2.17. The van der Waals surface area contributed by atoms with E-state index in [-0.39, 0.29) is 12.7 Å². The van der Waals surface area contributed by atoms with Gasteiger partial charge >= 0.3 is 0 Å². The van der Waals surface area contributed by atoms with Gasteiger partial charge in [0.1, 0.15) is 0 Å². The number of aliphatic hydroxyl groups excluding tert-OH is 1. The van der Waals surface area contributed by atoms with Gasteiger partial charge in [-0.3, -0.25) is 0 Å². The summed E-state index contributed by atoms with van der Waals surface area (Å²) in [6, 6.07) is 0. The normalized spacial score (nSPS) is 34.1. The minimum absolute atomic E-state index is 0.119. The molecular formula is C9H18O2. The fourth-order valence-corrected chi connectivity index (χ4v) is 1.55. The van der Waals surface area contributed by atoms with Crippen LogP contribution in [0, 0.1) is 5.92 Å². The molecule has 2 nitrogen and oxygen atoms in total. The first kappa shape index (κ1) is 9.01. The molecule has 3 atom stereocenters. The van der Waals surface area contributed by atoms with Gasteiger partial charge in [0.25, 0.3) is 0 Å². The highest BCUT2D eigenvalue weighted by atomic mass is 16.5. The van der Waals surface area contributed by atoms with Gasteiger partial charge in [0.15, 0.2) is 0 Å². The Labute approximate surface area is 68.6 Å². The van der Waals surface area contributed by atoms with E-state index < -0.39 is 0 Å². The van der Waals surface area contributed by atoms with Crippen LogP contribution in [0.1, 0.15) is 33.1 Å². The van der Waals surface area contributed by atoms with Crippen LogP contribution in [0.4, 0.5) is 0 Å². The van der Waals surface area contributed by atoms with E-state index in [0.717, 1.165) is 12.8 Å². The Hall–Kier alpha value is -0.0800. The Balaban J connectivity index is 2.29. The van der Waals surface area contributed by atoms with Crippen LogP contribution in [-0.2, 0) is 4.74 Å². The van der Waals surface area contributed by atoms with E-state index in [0.29, 0.717) is 12.0 Å². The first-order chi connectivity index (χ1) is 5.27. The van der Waals surface area contributed by atoms with Crippen molar-refractivity contribution in [3.8, 4) is 0 Å². The number of hydrogen-bond acceptors (Lipinski definition) is 2. The predicted octanol–water partition coefficient (Wildman–Crippen LogP) is 1.57. The molecule has 0 aliphatic carbocycles. The molecule has 0 amide bonds. The van der Waals surface area contributed by atoms with Crippen molar-refractivity contribution < 1.29 is 9.84 Å². The molecule has 1 N–H and O–H groups in total. The smallest absolute Gasteiger partial charge is 0.0810 e. The van der Waals surface area contributed by atoms with Gasteiger partial charge in [-0.15, -0.1) is 0 Å². The van der Waals surface area contributed by atoms with Gasteiger partial charge < -0.3 is 9.84 Å². The number of ether oxygens (including phenoxy) is 1. The van der Waals surface area contributed by atoms with E-state index in [1.807, 2.05) is 0 Å². The summed E-state index contributed by atoms with van der Waals surface area (Å²) in [6.07, 6.45) is 3.85. The molecule has 0 saturated carbocycles. The van der Waals surface area contributed by atoms with Crippen LogP contribution in [0.15, 0.2) is 0 Å². The molecule has 3 unspecified atom stereocenters. The average molecular weight is 158 g/mol. The molecular weight excluding hydrogens is 140 g/mol. The van der Waals surface area contributed by atoms with Gasteiger partial charge in [-0.1, -0.05) is 20.3 Å². The third-order valence-electron chi connectivity index (χ3n) is 2.62. The van der Waals surface area contributed by atoms with E-state index in [1.54, 1.807) is 0 Å². The van der Waals surface area contributed by atoms with Crippen LogP contribution >= 0.6 is 0 Å². The molecule has 0 spiro atoms. The maximum Gasteiger partial charge on any atom is 0.0810 e. The highest BCUT2D eigenvalue weighted by molar-refractivity contribution is 4.76. The maximum absolute atomic E-state index is 8.81. The molecule has 0 radical (unpaired) electrons. The summed E-state index contributed by atoms with van der Waals surface area (Å²) in [5.74, 6) is 0.645. The Morgan fingerprint density at radius 1 is 1.55 bits per heavy atom. The second kappa shape index (κ2) is 4.07. The summed E-state index contributed by atoms with van der Waals surface area (Å²) < 4.78 is 5.61. The second-order valence-electron chi connectivity index (χ2n) is 3.44. The Kier molecular flexibility index (Phi) is 3.34. The van der Waals surface area contributed by atoms with E-state index in [2.05, 4.69) is 13.8 Å². The van der Waals surface area contributed by atoms with Crippen molar-refractivity contribution in [2.75, 3.05) is 6.61 Å². The van der Waals surface area contributed by atoms with Gasteiger partial charge in [-0.2, -0.15) is 0 Å². The summed E-state index contributed by atoms with van der Waals surface area (Å²) in [5.41, 5.74) is 0. The lowest BCUT2D eigenvalue weighted by atomic mass is 9.99. The van der Waals surface area contributed by atoms with Crippen LogP contribution in [0.25, 0.3) is 0 Å². The van der Waals surface area contributed by atoms with Crippen molar-refractivity contribution in [2.45, 2.75) is 45.3 Å². The highest BCUT2D eigenvalue weighted by Gasteiger charge is 2.27. The Morgan fingerprint density at radius 3 is 2.73 bits per heavy atom. The summed E-state index contributed by atoms with van der Waals surface area (Å²) >= 11 is 0. The minimum Gasteiger partial charge on any atom is -0.394 e. The molecule has 1 saturated heterocycles. The van der Waals surface area contributed by atoms with Crippen molar-refractivity contribution in [1.82, 2.24) is 0 Å².